The summed E-state index contributed by atoms with van der Waals surface area (Å²) in [4.78, 5) is 30.5. The summed E-state index contributed by atoms with van der Waals surface area (Å²) < 4.78 is 4.37. The van der Waals surface area contributed by atoms with Crippen LogP contribution in [-0.2, 0) is 9.59 Å². The highest BCUT2D eigenvalue weighted by Gasteiger charge is 2.37. The third-order valence-corrected chi connectivity index (χ3v) is 5.23. The SMILES string of the molecule is CC(C)C[C@H](Nc1nc(-c2ccccc2)ns1)C(=O)N1CCC[C@H]1C(=O)O. The quantitative estimate of drug-likeness (QED) is 0.757. The molecule has 8 heteroatoms. The van der Waals surface area contributed by atoms with E-state index in [2.05, 4.69) is 14.7 Å². The Kier molecular flexibility index (Phi) is 6.05. The highest BCUT2D eigenvalue weighted by atomic mass is 32.1. The highest BCUT2D eigenvalue weighted by molar-refractivity contribution is 7.09. The smallest absolute Gasteiger partial charge is 0.326 e. The van der Waals surface area contributed by atoms with E-state index in [1.807, 2.05) is 44.2 Å². The lowest BCUT2D eigenvalue weighted by molar-refractivity contribution is -0.148. The maximum absolute atomic E-state index is 13.0. The lowest BCUT2D eigenvalue weighted by atomic mass is 10.0. The Balaban J connectivity index is 1.76. The van der Waals surface area contributed by atoms with Gasteiger partial charge in [-0.3, -0.25) is 4.79 Å². The van der Waals surface area contributed by atoms with Crippen molar-refractivity contribution in [2.45, 2.75) is 45.2 Å². The molecule has 0 spiro atoms. The van der Waals surface area contributed by atoms with Crippen LogP contribution in [0.15, 0.2) is 30.3 Å². The fourth-order valence-electron chi connectivity index (χ4n) is 3.32. The van der Waals surface area contributed by atoms with E-state index >= 15 is 0 Å². The van der Waals surface area contributed by atoms with Gasteiger partial charge in [0.1, 0.15) is 12.1 Å². The van der Waals surface area contributed by atoms with E-state index in [4.69, 9.17) is 0 Å². The van der Waals surface area contributed by atoms with E-state index in [0.717, 1.165) is 5.56 Å². The van der Waals surface area contributed by atoms with Crippen molar-refractivity contribution in [3.05, 3.63) is 30.3 Å². The Morgan fingerprint density at radius 1 is 1.33 bits per heavy atom. The molecule has 1 aromatic carbocycles. The number of aliphatic carboxylic acids is 1. The minimum Gasteiger partial charge on any atom is -0.480 e. The van der Waals surface area contributed by atoms with Crippen LogP contribution in [0.25, 0.3) is 11.4 Å². The molecule has 0 unspecified atom stereocenters. The van der Waals surface area contributed by atoms with Gasteiger partial charge in [-0.2, -0.15) is 9.36 Å². The van der Waals surface area contributed by atoms with Crippen LogP contribution >= 0.6 is 11.5 Å². The Morgan fingerprint density at radius 3 is 2.74 bits per heavy atom. The zero-order valence-corrected chi connectivity index (χ0v) is 16.3. The Morgan fingerprint density at radius 2 is 2.07 bits per heavy atom. The summed E-state index contributed by atoms with van der Waals surface area (Å²) in [6.45, 7) is 4.56. The highest BCUT2D eigenvalue weighted by Crippen LogP contribution is 2.25. The number of carbonyl (C=O) groups excluding carboxylic acids is 1. The van der Waals surface area contributed by atoms with Crippen molar-refractivity contribution in [3.8, 4) is 11.4 Å². The van der Waals surface area contributed by atoms with Crippen LogP contribution < -0.4 is 5.32 Å². The number of hydrogen-bond donors (Lipinski definition) is 2. The van der Waals surface area contributed by atoms with Crippen molar-refractivity contribution >= 4 is 28.5 Å². The second-order valence-corrected chi connectivity index (χ2v) is 7.90. The van der Waals surface area contributed by atoms with Crippen LogP contribution in [0.2, 0.25) is 0 Å². The van der Waals surface area contributed by atoms with Crippen molar-refractivity contribution in [2.24, 2.45) is 5.92 Å². The molecular formula is C19H24N4O3S. The number of likely N-dealkylation sites (tertiary alicyclic amines) is 1. The second kappa shape index (κ2) is 8.47. The molecule has 1 fully saturated rings. The van der Waals surface area contributed by atoms with E-state index in [0.29, 0.717) is 36.8 Å². The van der Waals surface area contributed by atoms with Crippen molar-refractivity contribution in [3.63, 3.8) is 0 Å². The van der Waals surface area contributed by atoms with Gasteiger partial charge in [-0.05, 0) is 25.2 Å². The molecule has 1 aromatic heterocycles. The maximum Gasteiger partial charge on any atom is 0.326 e. The maximum atomic E-state index is 13.0. The summed E-state index contributed by atoms with van der Waals surface area (Å²) >= 11 is 1.21. The number of carbonyl (C=O) groups is 2. The number of anilines is 1. The number of carboxylic acids is 1. The van der Waals surface area contributed by atoms with Crippen LogP contribution in [0.3, 0.4) is 0 Å². The molecule has 1 aliphatic heterocycles. The number of amides is 1. The molecule has 1 aliphatic rings. The molecular weight excluding hydrogens is 364 g/mol. The Hall–Kier alpha value is -2.48. The lowest BCUT2D eigenvalue weighted by Gasteiger charge is -2.28. The van der Waals surface area contributed by atoms with Gasteiger partial charge in [-0.15, -0.1) is 0 Å². The van der Waals surface area contributed by atoms with Gasteiger partial charge < -0.3 is 15.3 Å². The summed E-state index contributed by atoms with van der Waals surface area (Å²) in [5.41, 5.74) is 0.916. The minimum atomic E-state index is -0.938. The molecule has 7 nitrogen and oxygen atoms in total. The largest absolute Gasteiger partial charge is 0.480 e. The molecule has 1 amide bonds. The number of hydrogen-bond acceptors (Lipinski definition) is 6. The summed E-state index contributed by atoms with van der Waals surface area (Å²) in [6.07, 6.45) is 1.82. The molecule has 2 N–H and O–H groups in total. The van der Waals surface area contributed by atoms with Crippen LogP contribution in [0.4, 0.5) is 5.13 Å². The van der Waals surface area contributed by atoms with E-state index in [-0.39, 0.29) is 11.8 Å². The number of rotatable bonds is 7. The zero-order valence-electron chi connectivity index (χ0n) is 15.5. The number of nitrogens with zero attached hydrogens (tertiary/aromatic N) is 3. The average Bonchev–Trinajstić information content (AvgIpc) is 3.30. The van der Waals surface area contributed by atoms with E-state index < -0.39 is 18.1 Å². The van der Waals surface area contributed by atoms with E-state index in [1.165, 1.54) is 16.4 Å². The van der Waals surface area contributed by atoms with Crippen LogP contribution in [0.5, 0.6) is 0 Å². The number of benzene rings is 1. The Bertz CT molecular complexity index is 793. The van der Waals surface area contributed by atoms with Gasteiger partial charge in [0, 0.05) is 23.6 Å². The van der Waals surface area contributed by atoms with Crippen LogP contribution in [0, 0.1) is 5.92 Å². The molecule has 0 saturated carbocycles. The summed E-state index contributed by atoms with van der Waals surface area (Å²) in [5, 5.41) is 13.1. The molecule has 2 heterocycles. The molecule has 144 valence electrons. The fourth-order valence-corrected chi connectivity index (χ4v) is 3.96. The van der Waals surface area contributed by atoms with Gasteiger partial charge in [0.05, 0.1) is 0 Å². The first-order valence-corrected chi connectivity index (χ1v) is 9.92. The second-order valence-electron chi connectivity index (χ2n) is 7.14. The van der Waals surface area contributed by atoms with Crippen molar-refractivity contribution in [2.75, 3.05) is 11.9 Å². The molecule has 0 bridgehead atoms. The molecule has 2 aromatic rings. The van der Waals surface area contributed by atoms with Gasteiger partial charge >= 0.3 is 5.97 Å². The van der Waals surface area contributed by atoms with Crippen LogP contribution in [-0.4, -0.2) is 49.9 Å². The molecule has 1 saturated heterocycles. The monoisotopic (exact) mass is 388 g/mol. The van der Waals surface area contributed by atoms with Gasteiger partial charge in [0.2, 0.25) is 11.0 Å². The first-order valence-electron chi connectivity index (χ1n) is 9.14. The van der Waals surface area contributed by atoms with Gasteiger partial charge in [0.25, 0.3) is 0 Å². The fraction of sp³-hybridized carbons (Fsp3) is 0.474. The lowest BCUT2D eigenvalue weighted by Crippen LogP contribution is -2.48. The zero-order chi connectivity index (χ0) is 19.4. The molecule has 27 heavy (non-hydrogen) atoms. The van der Waals surface area contributed by atoms with Crippen molar-refractivity contribution in [1.82, 2.24) is 14.3 Å². The van der Waals surface area contributed by atoms with Gasteiger partial charge in [0.15, 0.2) is 5.82 Å². The van der Waals surface area contributed by atoms with Crippen molar-refractivity contribution < 1.29 is 14.7 Å². The molecule has 0 aliphatic carbocycles. The standard InChI is InChI=1S/C19H24N4O3S/c1-12(2)11-14(17(24)23-10-6-9-15(23)18(25)26)20-19-21-16(22-27-19)13-7-4-3-5-8-13/h3-5,7-8,12,14-15H,6,9-11H2,1-2H3,(H,25,26)(H,20,21,22)/t14-,15-/m0/s1. The summed E-state index contributed by atoms with van der Waals surface area (Å²) in [6, 6.07) is 8.40. The molecule has 2 atom stereocenters. The molecule has 0 radical (unpaired) electrons. The van der Waals surface area contributed by atoms with E-state index in [9.17, 15) is 14.7 Å². The average molecular weight is 388 g/mol. The number of aromatic nitrogens is 2. The first kappa shape index (κ1) is 19.3. The van der Waals surface area contributed by atoms with Crippen LogP contribution in [0.1, 0.15) is 33.1 Å². The third-order valence-electron chi connectivity index (χ3n) is 4.58. The van der Waals surface area contributed by atoms with Crippen molar-refractivity contribution in [1.29, 1.82) is 0 Å². The van der Waals surface area contributed by atoms with Gasteiger partial charge in [-0.1, -0.05) is 44.2 Å². The summed E-state index contributed by atoms with van der Waals surface area (Å²) in [5.74, 6) is -0.223. The number of carboxylic acid groups (broad SMARTS) is 1. The number of nitrogens with one attached hydrogen (secondary N) is 1. The Labute approximate surface area is 162 Å². The predicted octanol–water partition coefficient (Wildman–Crippen LogP) is 3.11. The summed E-state index contributed by atoms with van der Waals surface area (Å²) in [7, 11) is 0. The topological polar surface area (TPSA) is 95.4 Å². The predicted molar refractivity (Wildman–Crippen MR) is 105 cm³/mol. The van der Waals surface area contributed by atoms with Gasteiger partial charge in [-0.25, -0.2) is 4.79 Å². The third kappa shape index (κ3) is 4.63. The van der Waals surface area contributed by atoms with E-state index in [1.54, 1.807) is 0 Å². The molecule has 3 rings (SSSR count). The first-order chi connectivity index (χ1) is 13.0. The minimum absolute atomic E-state index is 0.176. The normalized spacial score (nSPS) is 17.9.